The molecular weight excluding hydrogens is 408 g/mol. The number of hydrogen-bond acceptors (Lipinski definition) is 5. The van der Waals surface area contributed by atoms with Gasteiger partial charge in [0.2, 0.25) is 0 Å². The van der Waals surface area contributed by atoms with Gasteiger partial charge in [-0.25, -0.2) is 0 Å². The molecule has 1 N–H and O–H groups in total. The lowest BCUT2D eigenvalue weighted by Gasteiger charge is -2.25. The van der Waals surface area contributed by atoms with Crippen molar-refractivity contribution < 1.29 is 19.6 Å². The van der Waals surface area contributed by atoms with Gasteiger partial charge in [-0.05, 0) is 43.7 Å². The summed E-state index contributed by atoms with van der Waals surface area (Å²) >= 11 is 0. The van der Waals surface area contributed by atoms with Crippen LogP contribution in [0.3, 0.4) is 0 Å². The van der Waals surface area contributed by atoms with Crippen molar-refractivity contribution in [1.29, 1.82) is 0 Å². The molecule has 0 spiro atoms. The molecule has 3 aromatic rings. The SMILES string of the molecule is Cc1ccc(N2C(=O)C(=O)/C(=C(\O)c3ccc([N+](=O)[O-])cc3)C2c2cccc(C)c2)cc1. The normalized spacial score (nSPS) is 17.6. The summed E-state index contributed by atoms with van der Waals surface area (Å²) < 4.78 is 0. The number of carbonyl (C=O) groups is 2. The molecule has 1 aliphatic heterocycles. The Morgan fingerprint density at radius 2 is 1.59 bits per heavy atom. The van der Waals surface area contributed by atoms with Crippen molar-refractivity contribution in [3.8, 4) is 0 Å². The van der Waals surface area contributed by atoms with E-state index in [2.05, 4.69) is 0 Å². The summed E-state index contributed by atoms with van der Waals surface area (Å²) in [6.07, 6.45) is 0. The van der Waals surface area contributed by atoms with E-state index in [0.717, 1.165) is 11.1 Å². The van der Waals surface area contributed by atoms with Gasteiger partial charge in [-0.3, -0.25) is 24.6 Å². The topological polar surface area (TPSA) is 101 Å². The van der Waals surface area contributed by atoms with Crippen LogP contribution in [0.25, 0.3) is 5.76 Å². The first-order valence-electron chi connectivity index (χ1n) is 9.97. The number of aliphatic hydroxyl groups excluding tert-OH is 1. The fourth-order valence-corrected chi connectivity index (χ4v) is 3.86. The van der Waals surface area contributed by atoms with E-state index in [1.165, 1.54) is 29.2 Å². The number of rotatable bonds is 4. The third-order valence-corrected chi connectivity index (χ3v) is 5.47. The first-order valence-corrected chi connectivity index (χ1v) is 9.97. The van der Waals surface area contributed by atoms with Crippen LogP contribution < -0.4 is 4.90 Å². The van der Waals surface area contributed by atoms with Gasteiger partial charge in [0.15, 0.2) is 0 Å². The van der Waals surface area contributed by atoms with E-state index in [0.29, 0.717) is 11.3 Å². The lowest BCUT2D eigenvalue weighted by atomic mass is 9.94. The maximum absolute atomic E-state index is 13.1. The van der Waals surface area contributed by atoms with E-state index in [-0.39, 0.29) is 22.6 Å². The average Bonchev–Trinajstić information content (AvgIpc) is 3.04. The summed E-state index contributed by atoms with van der Waals surface area (Å²) in [5.41, 5.74) is 3.16. The number of nitro benzene ring substituents is 1. The molecule has 1 atom stereocenters. The van der Waals surface area contributed by atoms with Gasteiger partial charge < -0.3 is 5.11 Å². The molecule has 1 unspecified atom stereocenters. The fraction of sp³-hybridized carbons (Fsp3) is 0.120. The van der Waals surface area contributed by atoms with E-state index in [9.17, 15) is 24.8 Å². The van der Waals surface area contributed by atoms with Crippen molar-refractivity contribution in [2.75, 3.05) is 4.90 Å². The minimum atomic E-state index is -0.840. The molecule has 1 amide bonds. The van der Waals surface area contributed by atoms with Crippen molar-refractivity contribution >= 4 is 28.8 Å². The quantitative estimate of drug-likeness (QED) is 0.211. The molecule has 0 radical (unpaired) electrons. The van der Waals surface area contributed by atoms with Gasteiger partial charge in [0.05, 0.1) is 16.5 Å². The number of benzene rings is 3. The number of ketones is 1. The van der Waals surface area contributed by atoms with Crippen LogP contribution in [0, 0.1) is 24.0 Å². The highest BCUT2D eigenvalue weighted by Crippen LogP contribution is 2.42. The minimum Gasteiger partial charge on any atom is -0.507 e. The summed E-state index contributed by atoms with van der Waals surface area (Å²) in [6, 6.07) is 19.0. The van der Waals surface area contributed by atoms with Crippen molar-refractivity contribution in [2.24, 2.45) is 0 Å². The van der Waals surface area contributed by atoms with Crippen LogP contribution >= 0.6 is 0 Å². The average molecular weight is 428 g/mol. The molecule has 0 aromatic heterocycles. The monoisotopic (exact) mass is 428 g/mol. The molecule has 7 heteroatoms. The highest BCUT2D eigenvalue weighted by Gasteiger charge is 2.47. The smallest absolute Gasteiger partial charge is 0.300 e. The maximum atomic E-state index is 13.1. The third-order valence-electron chi connectivity index (χ3n) is 5.47. The number of hydrogen-bond donors (Lipinski definition) is 1. The van der Waals surface area contributed by atoms with Gasteiger partial charge in [-0.15, -0.1) is 0 Å². The summed E-state index contributed by atoms with van der Waals surface area (Å²) in [6.45, 7) is 3.82. The van der Waals surface area contributed by atoms with Crippen LogP contribution in [0.15, 0.2) is 78.4 Å². The number of amides is 1. The first kappa shape index (κ1) is 21.0. The standard InChI is InChI=1S/C25H20N2O5/c1-15-6-10-19(11-7-15)26-22(18-5-3-4-16(2)14-18)21(24(29)25(26)30)23(28)17-8-12-20(13-9-17)27(31)32/h3-14,22,28H,1-2H3/b23-21-. The van der Waals surface area contributed by atoms with E-state index >= 15 is 0 Å². The van der Waals surface area contributed by atoms with Gasteiger partial charge in [0.1, 0.15) is 5.76 Å². The second-order valence-electron chi connectivity index (χ2n) is 7.72. The van der Waals surface area contributed by atoms with E-state index in [4.69, 9.17) is 0 Å². The number of Topliss-reactive ketones (excluding diaryl/α,β-unsaturated/α-hetero) is 1. The molecule has 1 heterocycles. The van der Waals surface area contributed by atoms with Crippen molar-refractivity contribution in [2.45, 2.75) is 19.9 Å². The Labute approximate surface area is 184 Å². The van der Waals surface area contributed by atoms with E-state index in [1.54, 1.807) is 18.2 Å². The molecule has 4 rings (SSSR count). The zero-order chi connectivity index (χ0) is 23.0. The van der Waals surface area contributed by atoms with Crippen molar-refractivity contribution in [3.05, 3.63) is 111 Å². The fourth-order valence-electron chi connectivity index (χ4n) is 3.86. The predicted molar refractivity (Wildman–Crippen MR) is 120 cm³/mol. The largest absolute Gasteiger partial charge is 0.507 e. The summed E-state index contributed by atoms with van der Waals surface area (Å²) in [5, 5.41) is 22.0. The molecule has 3 aromatic carbocycles. The molecule has 1 saturated heterocycles. The molecule has 0 bridgehead atoms. The summed E-state index contributed by atoms with van der Waals surface area (Å²) in [4.78, 5) is 38.0. The van der Waals surface area contributed by atoms with Gasteiger partial charge in [-0.2, -0.15) is 0 Å². The van der Waals surface area contributed by atoms with Crippen molar-refractivity contribution in [1.82, 2.24) is 0 Å². The number of anilines is 1. The number of carbonyl (C=O) groups excluding carboxylic acids is 2. The molecule has 0 aliphatic carbocycles. The highest BCUT2D eigenvalue weighted by molar-refractivity contribution is 6.51. The summed E-state index contributed by atoms with van der Waals surface area (Å²) in [7, 11) is 0. The molecule has 32 heavy (non-hydrogen) atoms. The van der Waals surface area contributed by atoms with Crippen LogP contribution in [0.5, 0.6) is 0 Å². The molecule has 0 saturated carbocycles. The number of non-ortho nitro benzene ring substituents is 1. The highest BCUT2D eigenvalue weighted by atomic mass is 16.6. The van der Waals surface area contributed by atoms with Crippen LogP contribution in [-0.4, -0.2) is 21.7 Å². The van der Waals surface area contributed by atoms with Gasteiger partial charge >= 0.3 is 0 Å². The van der Waals surface area contributed by atoms with E-state index < -0.39 is 22.7 Å². The molecule has 1 fully saturated rings. The van der Waals surface area contributed by atoms with E-state index in [1.807, 2.05) is 44.2 Å². The Morgan fingerprint density at radius 1 is 0.938 bits per heavy atom. The third kappa shape index (κ3) is 3.65. The Morgan fingerprint density at radius 3 is 2.19 bits per heavy atom. The van der Waals surface area contributed by atoms with Crippen LogP contribution in [0.4, 0.5) is 11.4 Å². The maximum Gasteiger partial charge on any atom is 0.300 e. The molecule has 7 nitrogen and oxygen atoms in total. The molecule has 1 aliphatic rings. The van der Waals surface area contributed by atoms with Crippen LogP contribution in [0.2, 0.25) is 0 Å². The Bertz CT molecular complexity index is 1260. The van der Waals surface area contributed by atoms with Gasteiger partial charge in [-0.1, -0.05) is 47.5 Å². The number of nitrogens with zero attached hydrogens (tertiary/aromatic N) is 2. The van der Waals surface area contributed by atoms with Gasteiger partial charge in [0, 0.05) is 23.4 Å². The molecule has 160 valence electrons. The summed E-state index contributed by atoms with van der Waals surface area (Å²) in [5.74, 6) is -1.93. The minimum absolute atomic E-state index is 0.0602. The van der Waals surface area contributed by atoms with Crippen molar-refractivity contribution in [3.63, 3.8) is 0 Å². The Balaban J connectivity index is 1.92. The van der Waals surface area contributed by atoms with Crippen LogP contribution in [0.1, 0.15) is 28.3 Å². The second kappa shape index (κ2) is 8.11. The lowest BCUT2D eigenvalue weighted by Crippen LogP contribution is -2.29. The zero-order valence-electron chi connectivity index (χ0n) is 17.5. The Hall–Kier alpha value is -4.26. The second-order valence-corrected chi connectivity index (χ2v) is 7.72. The number of nitro groups is 1. The lowest BCUT2D eigenvalue weighted by molar-refractivity contribution is -0.384. The predicted octanol–water partition coefficient (Wildman–Crippen LogP) is 4.84. The number of aryl methyl sites for hydroxylation is 2. The van der Waals surface area contributed by atoms with Crippen LogP contribution in [-0.2, 0) is 9.59 Å². The zero-order valence-corrected chi connectivity index (χ0v) is 17.5. The number of aliphatic hydroxyl groups is 1. The Kier molecular flexibility index (Phi) is 5.32. The van der Waals surface area contributed by atoms with Gasteiger partial charge in [0.25, 0.3) is 17.4 Å². The molecular formula is C25H20N2O5. The first-order chi connectivity index (χ1) is 15.3.